The van der Waals surface area contributed by atoms with Crippen molar-refractivity contribution in [1.82, 2.24) is 9.97 Å². The van der Waals surface area contributed by atoms with E-state index >= 15 is 0 Å². The Morgan fingerprint density at radius 2 is 2.31 bits per heavy atom. The first kappa shape index (κ1) is 18.5. The van der Waals surface area contributed by atoms with Crippen LogP contribution in [0.2, 0.25) is 0 Å². The van der Waals surface area contributed by atoms with Crippen molar-refractivity contribution in [3.8, 4) is 5.75 Å². The minimum Gasteiger partial charge on any atom is -0.489 e. The number of halogens is 1. The topological polar surface area (TPSA) is 81.5 Å². The van der Waals surface area contributed by atoms with E-state index in [0.717, 1.165) is 5.69 Å². The number of methoxy groups -OCH3 is 1. The number of carboxylic acid groups (broad SMARTS) is 1. The molecule has 3 rings (SSSR count). The Balaban J connectivity index is 1.77. The van der Waals surface area contributed by atoms with Gasteiger partial charge >= 0.3 is 5.97 Å². The highest BCUT2D eigenvalue weighted by Gasteiger charge is 2.63. The fourth-order valence-corrected chi connectivity index (χ4v) is 3.58. The number of rotatable bonds is 8. The second-order valence-electron chi connectivity index (χ2n) is 6.90. The lowest BCUT2D eigenvalue weighted by atomic mass is 9.82. The average Bonchev–Trinajstić information content (AvgIpc) is 3.35. The van der Waals surface area contributed by atoms with E-state index in [4.69, 9.17) is 9.47 Å². The van der Waals surface area contributed by atoms with E-state index in [1.165, 1.54) is 6.08 Å². The van der Waals surface area contributed by atoms with Crippen molar-refractivity contribution in [3.63, 3.8) is 0 Å². The van der Waals surface area contributed by atoms with Crippen molar-refractivity contribution in [3.05, 3.63) is 41.8 Å². The lowest BCUT2D eigenvalue weighted by Crippen LogP contribution is -2.28. The highest BCUT2D eigenvalue weighted by atomic mass is 19.1. The van der Waals surface area contributed by atoms with Crippen molar-refractivity contribution in [1.29, 1.82) is 0 Å². The largest absolute Gasteiger partial charge is 0.489 e. The van der Waals surface area contributed by atoms with Gasteiger partial charge in [0.1, 0.15) is 11.7 Å². The number of carboxylic acids is 1. The monoisotopic (exact) mass is 362 g/mol. The van der Waals surface area contributed by atoms with Crippen molar-refractivity contribution < 1.29 is 23.8 Å². The molecule has 0 radical (unpaired) electrons. The summed E-state index contributed by atoms with van der Waals surface area (Å²) in [6.45, 7) is 2.49. The molecule has 1 fully saturated rings. The molecule has 1 aromatic heterocycles. The maximum atomic E-state index is 13.7. The summed E-state index contributed by atoms with van der Waals surface area (Å²) in [6.07, 6.45) is 7.82. The third kappa shape index (κ3) is 3.77. The van der Waals surface area contributed by atoms with E-state index in [1.54, 1.807) is 26.3 Å². The average molecular weight is 362 g/mol. The number of aryl methyl sites for hydroxylation is 1. The Kier molecular flexibility index (Phi) is 5.36. The normalized spacial score (nSPS) is 27.1. The highest BCUT2D eigenvalue weighted by Crippen LogP contribution is 2.60. The lowest BCUT2D eigenvalue weighted by molar-refractivity contribution is -0.140. The summed E-state index contributed by atoms with van der Waals surface area (Å²) in [4.78, 5) is 20.1. The van der Waals surface area contributed by atoms with Gasteiger partial charge in [-0.2, -0.15) is 0 Å². The van der Waals surface area contributed by atoms with E-state index in [0.29, 0.717) is 31.0 Å². The Hall–Kier alpha value is -2.28. The number of allylic oxidation sites excluding steroid dienone is 4. The van der Waals surface area contributed by atoms with Gasteiger partial charge in [0, 0.05) is 25.4 Å². The molecule has 0 spiro atoms. The lowest BCUT2D eigenvalue weighted by Gasteiger charge is -2.27. The zero-order valence-electron chi connectivity index (χ0n) is 14.9. The zero-order valence-corrected chi connectivity index (χ0v) is 14.9. The van der Waals surface area contributed by atoms with E-state index in [9.17, 15) is 14.3 Å². The predicted octanol–water partition coefficient (Wildman–Crippen LogP) is 2.87. The van der Waals surface area contributed by atoms with Crippen LogP contribution in [0, 0.1) is 24.2 Å². The Labute approximate surface area is 151 Å². The number of nitrogens with zero attached hydrogens (tertiary/aromatic N) is 2. The van der Waals surface area contributed by atoms with Crippen molar-refractivity contribution in [2.24, 2.45) is 17.3 Å². The van der Waals surface area contributed by atoms with Gasteiger partial charge in [0.25, 0.3) is 0 Å². The molecule has 0 aromatic carbocycles. The second-order valence-corrected chi connectivity index (χ2v) is 6.90. The minimum atomic E-state index is -0.864. The van der Waals surface area contributed by atoms with Crippen LogP contribution in [-0.2, 0) is 16.0 Å². The Morgan fingerprint density at radius 3 is 2.96 bits per heavy atom. The molecule has 0 saturated heterocycles. The Bertz CT molecular complexity index is 749. The molecular formula is C19H23FN2O4. The fraction of sp³-hybridized carbons (Fsp3) is 0.526. The van der Waals surface area contributed by atoms with Crippen molar-refractivity contribution in [2.75, 3.05) is 20.3 Å². The summed E-state index contributed by atoms with van der Waals surface area (Å²) in [5, 5.41) is 9.46. The summed E-state index contributed by atoms with van der Waals surface area (Å²) in [5.74, 6) is -0.655. The van der Waals surface area contributed by atoms with Crippen LogP contribution in [0.15, 0.2) is 30.3 Å². The first-order valence-electron chi connectivity index (χ1n) is 8.66. The van der Waals surface area contributed by atoms with Gasteiger partial charge in [0.15, 0.2) is 5.75 Å². The van der Waals surface area contributed by atoms with Crippen LogP contribution in [0.4, 0.5) is 4.39 Å². The molecule has 0 aliphatic heterocycles. The maximum Gasteiger partial charge on any atom is 0.307 e. The first-order valence-corrected chi connectivity index (χ1v) is 8.66. The van der Waals surface area contributed by atoms with Crippen LogP contribution in [-0.4, -0.2) is 41.4 Å². The van der Waals surface area contributed by atoms with Crippen molar-refractivity contribution >= 4 is 5.97 Å². The van der Waals surface area contributed by atoms with Gasteiger partial charge in [-0.15, -0.1) is 0 Å². The number of aromatic nitrogens is 2. The second kappa shape index (κ2) is 7.53. The van der Waals surface area contributed by atoms with Gasteiger partial charge in [-0.1, -0.05) is 12.2 Å². The molecule has 0 amide bonds. The first-order chi connectivity index (χ1) is 12.5. The summed E-state index contributed by atoms with van der Waals surface area (Å²) >= 11 is 0. The van der Waals surface area contributed by atoms with Gasteiger partial charge in [0.2, 0.25) is 0 Å². The molecule has 1 saturated carbocycles. The molecule has 140 valence electrons. The van der Waals surface area contributed by atoms with E-state index < -0.39 is 17.3 Å². The molecule has 0 bridgehead atoms. The number of aliphatic carboxylic acids is 1. The third-order valence-corrected chi connectivity index (χ3v) is 5.18. The van der Waals surface area contributed by atoms with E-state index in [-0.39, 0.29) is 24.8 Å². The van der Waals surface area contributed by atoms with Gasteiger partial charge in [-0.05, 0) is 25.3 Å². The molecule has 2 aliphatic carbocycles. The molecule has 2 aliphatic rings. The maximum absolute atomic E-state index is 13.7. The molecule has 1 unspecified atom stereocenters. The van der Waals surface area contributed by atoms with Crippen LogP contribution in [0.3, 0.4) is 0 Å². The molecule has 26 heavy (non-hydrogen) atoms. The van der Waals surface area contributed by atoms with Gasteiger partial charge in [-0.25, -0.2) is 14.4 Å². The number of carbonyl (C=O) groups is 1. The van der Waals surface area contributed by atoms with Crippen LogP contribution in [0.25, 0.3) is 0 Å². The summed E-state index contributed by atoms with van der Waals surface area (Å²) < 4.78 is 24.8. The van der Waals surface area contributed by atoms with Crippen LogP contribution < -0.4 is 4.74 Å². The smallest absolute Gasteiger partial charge is 0.307 e. The van der Waals surface area contributed by atoms with Gasteiger partial charge in [-0.3, -0.25) is 4.79 Å². The molecule has 7 heteroatoms. The SMILES string of the molecule is COCCc1nc(C)ncc1OC[C@@]1(C2C=CC=C(F)C2)C[C@H]1C(=O)O. The van der Waals surface area contributed by atoms with E-state index in [1.807, 2.05) is 6.08 Å². The molecule has 1 aromatic rings. The summed E-state index contributed by atoms with van der Waals surface area (Å²) in [5.41, 5.74) is 0.129. The zero-order chi connectivity index (χ0) is 18.7. The fourth-order valence-electron chi connectivity index (χ4n) is 3.58. The summed E-state index contributed by atoms with van der Waals surface area (Å²) in [6, 6.07) is 0. The number of hydrogen-bond donors (Lipinski definition) is 1. The molecule has 1 heterocycles. The van der Waals surface area contributed by atoms with Crippen LogP contribution >= 0.6 is 0 Å². The number of ether oxygens (including phenoxy) is 2. The molecule has 6 nitrogen and oxygen atoms in total. The molecule has 1 N–H and O–H groups in total. The quantitative estimate of drug-likeness (QED) is 0.766. The standard InChI is InChI=1S/C19H23FN2O4/c1-12-21-10-17(16(22-12)6-7-25-2)26-11-19(9-15(19)18(23)24)13-4-3-5-14(20)8-13/h3-5,10,13,15H,6-9,11H2,1-2H3,(H,23,24)/t13?,15-,19+/m0/s1. The highest BCUT2D eigenvalue weighted by molar-refractivity contribution is 5.75. The third-order valence-electron chi connectivity index (χ3n) is 5.18. The number of hydrogen-bond acceptors (Lipinski definition) is 5. The predicted molar refractivity (Wildman–Crippen MR) is 92.5 cm³/mol. The molecule has 3 atom stereocenters. The molecular weight excluding hydrogens is 339 g/mol. The minimum absolute atomic E-state index is 0.192. The van der Waals surface area contributed by atoms with Crippen LogP contribution in [0.5, 0.6) is 5.75 Å². The summed E-state index contributed by atoms with van der Waals surface area (Å²) in [7, 11) is 1.61. The Morgan fingerprint density at radius 1 is 1.50 bits per heavy atom. The van der Waals surface area contributed by atoms with Crippen LogP contribution in [0.1, 0.15) is 24.4 Å². The van der Waals surface area contributed by atoms with E-state index in [2.05, 4.69) is 9.97 Å². The van der Waals surface area contributed by atoms with Crippen molar-refractivity contribution in [2.45, 2.75) is 26.2 Å². The van der Waals surface area contributed by atoms with Gasteiger partial charge < -0.3 is 14.6 Å². The van der Waals surface area contributed by atoms with Gasteiger partial charge in [0.05, 0.1) is 31.0 Å².